The van der Waals surface area contributed by atoms with E-state index < -0.39 is 22.8 Å². The highest BCUT2D eigenvalue weighted by Crippen LogP contribution is 2.36. The molecule has 0 amide bonds. The molecule has 0 fully saturated rings. The monoisotopic (exact) mass is 232 g/mol. The Morgan fingerprint density at radius 2 is 2.13 bits per heavy atom. The molecule has 0 saturated carbocycles. The molecule has 0 radical (unpaired) electrons. The summed E-state index contributed by atoms with van der Waals surface area (Å²) in [5.74, 6) is -3.05. The second-order valence-corrected chi connectivity index (χ2v) is 3.65. The Morgan fingerprint density at radius 1 is 1.47 bits per heavy atom. The fraction of sp³-hybridized carbons (Fsp3) is 0.300. The van der Waals surface area contributed by atoms with Crippen molar-refractivity contribution in [3.8, 4) is 5.75 Å². The smallest absolute Gasteiger partial charge is 0.207 e. The molecule has 1 aromatic rings. The minimum atomic E-state index is -1.19. The predicted octanol–water partition coefficient (Wildman–Crippen LogP) is 2.97. The number of Topliss-reactive ketones (excluding diaryl/α,β-unsaturated/α-hetero) is 1. The van der Waals surface area contributed by atoms with Gasteiger partial charge in [-0.2, -0.15) is 4.39 Å². The van der Waals surface area contributed by atoms with Crippen molar-refractivity contribution in [1.82, 2.24) is 0 Å². The molecule has 0 N–H and O–H groups in total. The van der Waals surface area contributed by atoms with Crippen molar-refractivity contribution >= 4 is 17.4 Å². The third-order valence-corrected chi connectivity index (χ3v) is 2.58. The summed E-state index contributed by atoms with van der Waals surface area (Å²) >= 11 is 5.43. The predicted molar refractivity (Wildman–Crippen MR) is 50.4 cm³/mol. The van der Waals surface area contributed by atoms with Gasteiger partial charge in [-0.3, -0.25) is 4.79 Å². The zero-order valence-electron chi connectivity index (χ0n) is 7.81. The Hall–Kier alpha value is -1.16. The lowest BCUT2D eigenvalue weighted by Crippen LogP contribution is -2.18. The second-order valence-electron chi connectivity index (χ2n) is 3.24. The Bertz CT molecular complexity index is 446. The summed E-state index contributed by atoms with van der Waals surface area (Å²) in [5.41, 5.74) is 0.0192. The molecule has 2 nitrogen and oxygen atoms in total. The summed E-state index contributed by atoms with van der Waals surface area (Å²) < 4.78 is 31.4. The van der Waals surface area contributed by atoms with Gasteiger partial charge in [0.25, 0.3) is 0 Å². The van der Waals surface area contributed by atoms with Crippen LogP contribution in [0.2, 0.25) is 5.02 Å². The van der Waals surface area contributed by atoms with Crippen molar-refractivity contribution in [2.75, 3.05) is 0 Å². The molecule has 1 heterocycles. The first-order valence-corrected chi connectivity index (χ1v) is 4.82. The Morgan fingerprint density at radius 3 is 2.73 bits per heavy atom. The number of halogens is 3. The number of rotatable bonds is 1. The van der Waals surface area contributed by atoms with Crippen LogP contribution in [0.4, 0.5) is 8.78 Å². The van der Waals surface area contributed by atoms with Gasteiger partial charge in [-0.25, -0.2) is 4.39 Å². The van der Waals surface area contributed by atoms with Crippen LogP contribution in [0, 0.1) is 11.6 Å². The number of carbonyl (C=O) groups excluding carboxylic acids is 1. The molecule has 2 rings (SSSR count). The van der Waals surface area contributed by atoms with E-state index in [-0.39, 0.29) is 17.1 Å². The first-order chi connectivity index (χ1) is 7.06. The number of fused-ring (bicyclic) bond motifs is 1. The van der Waals surface area contributed by atoms with Crippen LogP contribution < -0.4 is 4.74 Å². The van der Waals surface area contributed by atoms with Crippen LogP contribution >= 0.6 is 11.6 Å². The van der Waals surface area contributed by atoms with Crippen molar-refractivity contribution in [3.05, 3.63) is 28.3 Å². The number of carbonyl (C=O) groups is 1. The molecule has 1 aliphatic rings. The average Bonchev–Trinajstić information content (AvgIpc) is 2.53. The maximum atomic E-state index is 13.3. The highest BCUT2D eigenvalue weighted by Gasteiger charge is 2.35. The Kier molecular flexibility index (Phi) is 2.38. The summed E-state index contributed by atoms with van der Waals surface area (Å²) in [6.45, 7) is 1.73. The van der Waals surface area contributed by atoms with Gasteiger partial charge in [0.05, 0.1) is 10.6 Å². The van der Waals surface area contributed by atoms with E-state index in [1.807, 2.05) is 0 Å². The maximum absolute atomic E-state index is 13.3. The fourth-order valence-corrected chi connectivity index (χ4v) is 1.71. The van der Waals surface area contributed by atoms with E-state index in [2.05, 4.69) is 0 Å². The van der Waals surface area contributed by atoms with Gasteiger partial charge in [0.15, 0.2) is 17.7 Å². The molecule has 15 heavy (non-hydrogen) atoms. The number of hydrogen-bond acceptors (Lipinski definition) is 2. The van der Waals surface area contributed by atoms with Gasteiger partial charge in [0.1, 0.15) is 0 Å². The average molecular weight is 233 g/mol. The van der Waals surface area contributed by atoms with Gasteiger partial charge < -0.3 is 4.74 Å². The molecular formula is C10H7ClF2O2. The summed E-state index contributed by atoms with van der Waals surface area (Å²) in [6.07, 6.45) is -0.320. The van der Waals surface area contributed by atoms with Crippen LogP contribution in [0.15, 0.2) is 6.07 Å². The molecule has 0 spiro atoms. The van der Waals surface area contributed by atoms with E-state index in [0.29, 0.717) is 6.42 Å². The zero-order chi connectivity index (χ0) is 11.2. The standard InChI is InChI=1S/C10H7ClF2O2/c1-2-6-9(14)4-3-5(11)7(12)8(13)10(4)15-6/h3,6H,2H2,1H3. The molecule has 0 aromatic heterocycles. The molecule has 0 saturated heterocycles. The van der Waals surface area contributed by atoms with E-state index in [1.165, 1.54) is 0 Å². The number of benzene rings is 1. The van der Waals surface area contributed by atoms with E-state index in [1.54, 1.807) is 6.92 Å². The van der Waals surface area contributed by atoms with Crippen molar-refractivity contribution in [2.45, 2.75) is 19.4 Å². The van der Waals surface area contributed by atoms with Crippen LogP contribution in [-0.2, 0) is 0 Å². The minimum Gasteiger partial charge on any atom is -0.478 e. The highest BCUT2D eigenvalue weighted by molar-refractivity contribution is 6.31. The van der Waals surface area contributed by atoms with Crippen molar-refractivity contribution in [3.63, 3.8) is 0 Å². The summed E-state index contributed by atoms with van der Waals surface area (Å²) in [7, 11) is 0. The van der Waals surface area contributed by atoms with Gasteiger partial charge in [0, 0.05) is 0 Å². The quantitative estimate of drug-likeness (QED) is 0.696. The maximum Gasteiger partial charge on any atom is 0.207 e. The van der Waals surface area contributed by atoms with Crippen LogP contribution in [0.5, 0.6) is 5.75 Å². The van der Waals surface area contributed by atoms with E-state index in [4.69, 9.17) is 16.3 Å². The largest absolute Gasteiger partial charge is 0.478 e. The van der Waals surface area contributed by atoms with Crippen molar-refractivity contribution in [2.24, 2.45) is 0 Å². The fourth-order valence-electron chi connectivity index (χ4n) is 1.51. The first kappa shape index (κ1) is 10.4. The van der Waals surface area contributed by atoms with Crippen LogP contribution in [0.3, 0.4) is 0 Å². The normalized spacial score (nSPS) is 18.9. The van der Waals surface area contributed by atoms with E-state index in [0.717, 1.165) is 6.07 Å². The number of hydrogen-bond donors (Lipinski definition) is 0. The van der Waals surface area contributed by atoms with Crippen LogP contribution in [0.1, 0.15) is 23.7 Å². The molecule has 0 aliphatic carbocycles. The lowest BCUT2D eigenvalue weighted by Gasteiger charge is -2.05. The summed E-state index contributed by atoms with van der Waals surface area (Å²) in [5, 5.41) is -0.403. The molecule has 1 atom stereocenters. The lowest BCUT2D eigenvalue weighted by atomic mass is 10.1. The van der Waals surface area contributed by atoms with Gasteiger partial charge in [0.2, 0.25) is 11.6 Å². The number of ether oxygens (including phenoxy) is 1. The second kappa shape index (κ2) is 3.45. The molecule has 1 aliphatic heterocycles. The summed E-state index contributed by atoms with van der Waals surface area (Å²) in [4.78, 5) is 11.6. The first-order valence-electron chi connectivity index (χ1n) is 4.44. The molecule has 5 heteroatoms. The highest BCUT2D eigenvalue weighted by atomic mass is 35.5. The Labute approximate surface area is 89.8 Å². The lowest BCUT2D eigenvalue weighted by molar-refractivity contribution is 0.0850. The molecule has 1 unspecified atom stereocenters. The Balaban J connectivity index is 2.60. The van der Waals surface area contributed by atoms with Gasteiger partial charge in [-0.15, -0.1) is 0 Å². The SMILES string of the molecule is CCC1Oc2c(cc(Cl)c(F)c2F)C1=O. The van der Waals surface area contributed by atoms with E-state index in [9.17, 15) is 13.6 Å². The van der Waals surface area contributed by atoms with Crippen molar-refractivity contribution in [1.29, 1.82) is 0 Å². The third-order valence-electron chi connectivity index (χ3n) is 2.31. The van der Waals surface area contributed by atoms with Crippen LogP contribution in [0.25, 0.3) is 0 Å². The molecule has 0 bridgehead atoms. The molecule has 80 valence electrons. The molecule has 1 aromatic carbocycles. The number of ketones is 1. The van der Waals surface area contributed by atoms with E-state index >= 15 is 0 Å². The van der Waals surface area contributed by atoms with Crippen LogP contribution in [-0.4, -0.2) is 11.9 Å². The minimum absolute atomic E-state index is 0.0192. The third kappa shape index (κ3) is 1.40. The topological polar surface area (TPSA) is 26.3 Å². The molecular weight excluding hydrogens is 226 g/mol. The van der Waals surface area contributed by atoms with Gasteiger partial charge in [-0.05, 0) is 12.5 Å². The summed E-state index contributed by atoms with van der Waals surface area (Å²) in [6, 6.07) is 1.10. The zero-order valence-corrected chi connectivity index (χ0v) is 8.57. The van der Waals surface area contributed by atoms with Crippen molar-refractivity contribution < 1.29 is 18.3 Å². The van der Waals surface area contributed by atoms with Gasteiger partial charge >= 0.3 is 0 Å². The van der Waals surface area contributed by atoms with Gasteiger partial charge in [-0.1, -0.05) is 18.5 Å².